The van der Waals surface area contributed by atoms with Crippen molar-refractivity contribution in [1.82, 2.24) is 20.9 Å². The summed E-state index contributed by atoms with van der Waals surface area (Å²) in [5, 5.41) is 9.01. The van der Waals surface area contributed by atoms with E-state index in [1.165, 1.54) is 4.90 Å². The normalized spacial score (nSPS) is 18.9. The zero-order chi connectivity index (χ0) is 37.2. The Balaban J connectivity index is 1.46. The van der Waals surface area contributed by atoms with Gasteiger partial charge in [-0.15, -0.1) is 0 Å². The molecule has 11 nitrogen and oxygen atoms in total. The van der Waals surface area contributed by atoms with Crippen LogP contribution in [0.1, 0.15) is 104 Å². The molecule has 2 aliphatic rings. The number of carbonyl (C=O) groups excluding carboxylic acids is 5. The third-order valence-corrected chi connectivity index (χ3v) is 10.3. The highest BCUT2D eigenvalue weighted by atomic mass is 16.5. The Labute approximate surface area is 302 Å². The van der Waals surface area contributed by atoms with Crippen LogP contribution >= 0.6 is 0 Å². The van der Waals surface area contributed by atoms with Crippen molar-refractivity contribution < 1.29 is 28.7 Å². The number of hydrogen-bond acceptors (Lipinski definition) is 6. The number of primary amides is 1. The molecular formula is C40H57N5O6. The number of likely N-dealkylation sites (tertiary alicyclic amines) is 1. The fourth-order valence-corrected chi connectivity index (χ4v) is 7.22. The summed E-state index contributed by atoms with van der Waals surface area (Å²) in [6, 6.07) is 14.7. The number of nitrogens with two attached hydrogens (primary N) is 1. The topological polar surface area (TPSA) is 160 Å². The second kappa shape index (κ2) is 17.7. The van der Waals surface area contributed by atoms with Gasteiger partial charge in [-0.05, 0) is 73.1 Å². The van der Waals surface area contributed by atoms with Gasteiger partial charge in [0, 0.05) is 12.1 Å². The van der Waals surface area contributed by atoms with Gasteiger partial charge in [-0.3, -0.25) is 19.2 Å². The first-order valence-corrected chi connectivity index (χ1v) is 18.5. The predicted octanol–water partition coefficient (Wildman–Crippen LogP) is 5.19. The molecule has 0 radical (unpaired) electrons. The molecule has 51 heavy (non-hydrogen) atoms. The van der Waals surface area contributed by atoms with Gasteiger partial charge in [-0.1, -0.05) is 103 Å². The van der Waals surface area contributed by atoms with Crippen LogP contribution in [0.2, 0.25) is 0 Å². The number of carbonyl (C=O) groups is 5. The van der Waals surface area contributed by atoms with E-state index >= 15 is 0 Å². The first-order chi connectivity index (χ1) is 24.2. The standard InChI is InChI=1S/C40H57N5O6/c1-6-27(2)23-31(33(46)35(41)47)42-36(48)32-19-14-22-45(32)37(49)34(39(3,4)5)43-38(50)44-40(20-11-8-12-21-40)25-29-17-13-18-30(24-29)51-26-28-15-9-7-10-16-28/h7,9-10,13,15-18,24,27,31-32,34H,6,8,11-12,14,19-23,25-26H2,1-5H3,(H2,41,47)(H,42,48)(H2,43,44,50). The maximum Gasteiger partial charge on any atom is 0.315 e. The first-order valence-electron chi connectivity index (χ1n) is 18.5. The van der Waals surface area contributed by atoms with Crippen molar-refractivity contribution in [2.24, 2.45) is 17.1 Å². The molecule has 1 aliphatic carbocycles. The highest BCUT2D eigenvalue weighted by Crippen LogP contribution is 2.33. The first kappa shape index (κ1) is 39.4. The number of nitrogens with one attached hydrogen (secondary N) is 3. The maximum atomic E-state index is 14.2. The average Bonchev–Trinajstić information content (AvgIpc) is 3.60. The van der Waals surface area contributed by atoms with Crippen molar-refractivity contribution in [3.63, 3.8) is 0 Å². The molecule has 4 unspecified atom stereocenters. The Hall–Kier alpha value is -4.41. The summed E-state index contributed by atoms with van der Waals surface area (Å²) in [6.07, 6.45) is 7.29. The van der Waals surface area contributed by atoms with Crippen molar-refractivity contribution in [3.8, 4) is 5.75 Å². The molecule has 4 atom stereocenters. The van der Waals surface area contributed by atoms with Gasteiger partial charge in [0.1, 0.15) is 24.4 Å². The number of nitrogens with zero attached hydrogens (tertiary/aromatic N) is 1. The third kappa shape index (κ3) is 11.0. The lowest BCUT2D eigenvalue weighted by Gasteiger charge is -2.40. The van der Waals surface area contributed by atoms with Crippen molar-refractivity contribution in [1.29, 1.82) is 0 Å². The second-order valence-corrected chi connectivity index (χ2v) is 15.6. The van der Waals surface area contributed by atoms with Gasteiger partial charge in [-0.2, -0.15) is 0 Å². The summed E-state index contributed by atoms with van der Waals surface area (Å²) in [4.78, 5) is 67.5. The Morgan fingerprint density at radius 2 is 1.63 bits per heavy atom. The zero-order valence-electron chi connectivity index (χ0n) is 31.0. The van der Waals surface area contributed by atoms with E-state index < -0.39 is 52.7 Å². The number of hydrogen-bond donors (Lipinski definition) is 4. The summed E-state index contributed by atoms with van der Waals surface area (Å²) >= 11 is 0. The Morgan fingerprint density at radius 3 is 2.27 bits per heavy atom. The summed E-state index contributed by atoms with van der Waals surface area (Å²) < 4.78 is 6.08. The van der Waals surface area contributed by atoms with E-state index in [2.05, 4.69) is 22.0 Å². The van der Waals surface area contributed by atoms with E-state index in [4.69, 9.17) is 10.5 Å². The lowest BCUT2D eigenvalue weighted by atomic mass is 9.77. The Kier molecular flexibility index (Phi) is 13.7. The van der Waals surface area contributed by atoms with Gasteiger partial charge in [0.15, 0.2) is 0 Å². The minimum atomic E-state index is -1.11. The average molecular weight is 704 g/mol. The Bertz CT molecular complexity index is 1520. The number of urea groups is 1. The van der Waals surface area contributed by atoms with Gasteiger partial charge >= 0.3 is 6.03 Å². The van der Waals surface area contributed by atoms with Gasteiger partial charge < -0.3 is 31.3 Å². The molecule has 11 heteroatoms. The van der Waals surface area contributed by atoms with Gasteiger partial charge in [0.25, 0.3) is 5.91 Å². The Morgan fingerprint density at radius 1 is 0.941 bits per heavy atom. The highest BCUT2D eigenvalue weighted by Gasteiger charge is 2.44. The van der Waals surface area contributed by atoms with Crippen LogP contribution in [0.4, 0.5) is 4.79 Å². The minimum Gasteiger partial charge on any atom is -0.489 e. The van der Waals surface area contributed by atoms with E-state index in [9.17, 15) is 24.0 Å². The van der Waals surface area contributed by atoms with Gasteiger partial charge in [-0.25, -0.2) is 4.79 Å². The molecule has 0 bridgehead atoms. The molecule has 4 rings (SSSR count). The SMILES string of the molecule is CCC(C)CC(NC(=O)C1CCCN1C(=O)C(NC(=O)NC1(Cc2cccc(OCc3ccccc3)c2)CCCCC1)C(C)(C)C)C(=O)C(N)=O. The molecule has 0 spiro atoms. The maximum absolute atomic E-state index is 14.2. The van der Waals surface area contributed by atoms with Crippen molar-refractivity contribution in [2.45, 2.75) is 129 Å². The summed E-state index contributed by atoms with van der Waals surface area (Å²) in [5.74, 6) is -2.00. The van der Waals surface area contributed by atoms with E-state index in [1.54, 1.807) is 0 Å². The van der Waals surface area contributed by atoms with Gasteiger partial charge in [0.2, 0.25) is 17.6 Å². The fourth-order valence-electron chi connectivity index (χ4n) is 7.22. The number of ketones is 1. The molecule has 5 amide bonds. The monoisotopic (exact) mass is 703 g/mol. The largest absolute Gasteiger partial charge is 0.489 e. The van der Waals surface area contributed by atoms with Crippen LogP contribution in [0.3, 0.4) is 0 Å². The lowest BCUT2D eigenvalue weighted by Crippen LogP contribution is -2.62. The number of ether oxygens (including phenoxy) is 1. The third-order valence-electron chi connectivity index (χ3n) is 10.3. The van der Waals surface area contributed by atoms with Crippen LogP contribution in [-0.2, 0) is 32.2 Å². The molecule has 1 saturated carbocycles. The molecule has 278 valence electrons. The second-order valence-electron chi connectivity index (χ2n) is 15.6. The highest BCUT2D eigenvalue weighted by molar-refractivity contribution is 6.37. The van der Waals surface area contributed by atoms with Crippen LogP contribution in [0.5, 0.6) is 5.75 Å². The van der Waals surface area contributed by atoms with E-state index in [0.717, 1.165) is 55.4 Å². The van der Waals surface area contributed by atoms with Crippen LogP contribution in [0.25, 0.3) is 0 Å². The fraction of sp³-hybridized carbons (Fsp3) is 0.575. The summed E-state index contributed by atoms with van der Waals surface area (Å²) in [6.45, 7) is 10.3. The van der Waals surface area contributed by atoms with Crippen LogP contribution in [-0.4, -0.2) is 64.6 Å². The van der Waals surface area contributed by atoms with Crippen molar-refractivity contribution >= 4 is 29.5 Å². The molecular weight excluding hydrogens is 646 g/mol. The van der Waals surface area contributed by atoms with E-state index in [-0.39, 0.29) is 18.2 Å². The smallest absolute Gasteiger partial charge is 0.315 e. The van der Waals surface area contributed by atoms with Crippen molar-refractivity contribution in [2.75, 3.05) is 6.54 Å². The molecule has 2 aromatic carbocycles. The van der Waals surface area contributed by atoms with Crippen LogP contribution in [0.15, 0.2) is 54.6 Å². The molecule has 1 saturated heterocycles. The van der Waals surface area contributed by atoms with Crippen molar-refractivity contribution in [3.05, 3.63) is 65.7 Å². The lowest BCUT2D eigenvalue weighted by molar-refractivity contribution is -0.143. The van der Waals surface area contributed by atoms with E-state index in [1.807, 2.05) is 83.1 Å². The van der Waals surface area contributed by atoms with Crippen LogP contribution in [0, 0.1) is 11.3 Å². The molecule has 2 fully saturated rings. The summed E-state index contributed by atoms with van der Waals surface area (Å²) in [5.41, 5.74) is 6.25. The van der Waals surface area contributed by atoms with E-state index in [0.29, 0.717) is 32.4 Å². The number of amides is 5. The quantitative estimate of drug-likeness (QED) is 0.187. The predicted molar refractivity (Wildman–Crippen MR) is 197 cm³/mol. The molecule has 1 heterocycles. The zero-order valence-corrected chi connectivity index (χ0v) is 31.0. The number of rotatable bonds is 15. The number of Topliss-reactive ketones (excluding diaryl/α,β-unsaturated/α-hetero) is 1. The number of benzene rings is 2. The van der Waals surface area contributed by atoms with Crippen LogP contribution < -0.4 is 26.4 Å². The van der Waals surface area contributed by atoms with Gasteiger partial charge in [0.05, 0.1) is 6.04 Å². The molecule has 1 aliphatic heterocycles. The molecule has 5 N–H and O–H groups in total. The summed E-state index contributed by atoms with van der Waals surface area (Å²) in [7, 11) is 0. The molecule has 2 aromatic rings. The minimum absolute atomic E-state index is 0.0669. The molecule has 0 aromatic heterocycles.